The van der Waals surface area contributed by atoms with Crippen molar-refractivity contribution in [3.05, 3.63) is 29.9 Å². The van der Waals surface area contributed by atoms with E-state index < -0.39 is 0 Å². The normalized spacial score (nSPS) is 18.6. The Morgan fingerprint density at radius 3 is 3.20 bits per heavy atom. The molecule has 0 amide bonds. The molecule has 5 heteroatoms. The molecule has 0 aliphatic carbocycles. The average Bonchev–Trinajstić information content (AvgIpc) is 3.16. The molecule has 3 heterocycles. The Morgan fingerprint density at radius 2 is 2.40 bits per heavy atom. The third-order valence-electron chi connectivity index (χ3n) is 3.92. The highest BCUT2D eigenvalue weighted by Gasteiger charge is 2.17. The Labute approximate surface area is 118 Å². The summed E-state index contributed by atoms with van der Waals surface area (Å²) in [6.07, 6.45) is 7.80. The lowest BCUT2D eigenvalue weighted by Crippen LogP contribution is -2.09. The third-order valence-corrected chi connectivity index (χ3v) is 3.92. The fourth-order valence-electron chi connectivity index (χ4n) is 2.68. The molecule has 1 aliphatic rings. The van der Waals surface area contributed by atoms with Gasteiger partial charge in [0.1, 0.15) is 0 Å². The summed E-state index contributed by atoms with van der Waals surface area (Å²) in [6, 6.07) is 1.95. The third kappa shape index (κ3) is 2.88. The average molecular weight is 272 g/mol. The van der Waals surface area contributed by atoms with Crippen molar-refractivity contribution in [1.82, 2.24) is 20.4 Å². The molecule has 2 aromatic rings. The summed E-state index contributed by atoms with van der Waals surface area (Å²) in [5.74, 6) is 2.17. The molecule has 0 saturated carbocycles. The van der Waals surface area contributed by atoms with Gasteiger partial charge in [0.2, 0.25) is 11.7 Å². The van der Waals surface area contributed by atoms with E-state index in [1.807, 2.05) is 12.3 Å². The number of hydrogen-bond acceptors (Lipinski definition) is 5. The Morgan fingerprint density at radius 1 is 1.45 bits per heavy atom. The van der Waals surface area contributed by atoms with Crippen LogP contribution >= 0.6 is 0 Å². The fourth-order valence-corrected chi connectivity index (χ4v) is 2.68. The topological polar surface area (TPSA) is 63.8 Å². The Hall–Kier alpha value is -1.75. The highest BCUT2D eigenvalue weighted by atomic mass is 16.5. The van der Waals surface area contributed by atoms with Crippen LogP contribution in [0, 0.1) is 5.92 Å². The zero-order chi connectivity index (χ0) is 13.8. The minimum atomic E-state index is 0.684. The molecule has 1 fully saturated rings. The standard InChI is InChI=1S/C15H20N4O/c1-2-12-10-17-8-6-13(12)15-18-14(20-19-15)4-3-11-5-7-16-9-11/h6,8,10-11,16H,2-5,7,9H2,1H3. The summed E-state index contributed by atoms with van der Waals surface area (Å²) in [5.41, 5.74) is 2.18. The summed E-state index contributed by atoms with van der Waals surface area (Å²) in [7, 11) is 0. The Bertz CT molecular complexity index is 561. The molecule has 2 aromatic heterocycles. The van der Waals surface area contributed by atoms with Crippen molar-refractivity contribution in [2.24, 2.45) is 5.92 Å². The Balaban J connectivity index is 1.69. The van der Waals surface area contributed by atoms with E-state index in [-0.39, 0.29) is 0 Å². The zero-order valence-electron chi connectivity index (χ0n) is 11.8. The number of rotatable bonds is 5. The van der Waals surface area contributed by atoms with Gasteiger partial charge in [0, 0.05) is 24.4 Å². The van der Waals surface area contributed by atoms with Crippen molar-refractivity contribution in [3.8, 4) is 11.4 Å². The van der Waals surface area contributed by atoms with Crippen LogP contribution in [0.5, 0.6) is 0 Å². The second-order valence-corrected chi connectivity index (χ2v) is 5.30. The molecule has 1 N–H and O–H groups in total. The molecule has 1 aliphatic heterocycles. The van der Waals surface area contributed by atoms with Gasteiger partial charge in [-0.1, -0.05) is 12.1 Å². The first-order valence-corrected chi connectivity index (χ1v) is 7.33. The van der Waals surface area contributed by atoms with Crippen LogP contribution in [0.3, 0.4) is 0 Å². The van der Waals surface area contributed by atoms with Crippen LogP contribution in [0.15, 0.2) is 23.0 Å². The lowest BCUT2D eigenvalue weighted by molar-refractivity contribution is 0.365. The predicted molar refractivity (Wildman–Crippen MR) is 76.2 cm³/mol. The highest BCUT2D eigenvalue weighted by Crippen LogP contribution is 2.21. The van der Waals surface area contributed by atoms with Gasteiger partial charge in [-0.3, -0.25) is 4.98 Å². The van der Waals surface area contributed by atoms with Gasteiger partial charge >= 0.3 is 0 Å². The molecule has 20 heavy (non-hydrogen) atoms. The molecule has 3 rings (SSSR count). The first-order chi connectivity index (χ1) is 9.86. The molecular formula is C15H20N4O. The van der Waals surface area contributed by atoms with Gasteiger partial charge in [-0.05, 0) is 49.9 Å². The first kappa shape index (κ1) is 13.2. The van der Waals surface area contributed by atoms with Gasteiger partial charge in [-0.2, -0.15) is 4.98 Å². The van der Waals surface area contributed by atoms with Gasteiger partial charge in [-0.15, -0.1) is 0 Å². The maximum Gasteiger partial charge on any atom is 0.226 e. The molecule has 1 saturated heterocycles. The highest BCUT2D eigenvalue weighted by molar-refractivity contribution is 5.58. The van der Waals surface area contributed by atoms with Crippen LogP contribution in [0.2, 0.25) is 0 Å². The summed E-state index contributed by atoms with van der Waals surface area (Å²) >= 11 is 0. The molecule has 0 radical (unpaired) electrons. The molecule has 0 aromatic carbocycles. The summed E-state index contributed by atoms with van der Waals surface area (Å²) in [4.78, 5) is 8.67. The largest absolute Gasteiger partial charge is 0.339 e. The molecule has 1 unspecified atom stereocenters. The van der Waals surface area contributed by atoms with Crippen molar-refractivity contribution < 1.29 is 4.52 Å². The first-order valence-electron chi connectivity index (χ1n) is 7.33. The van der Waals surface area contributed by atoms with Crippen LogP contribution in [0.25, 0.3) is 11.4 Å². The molecule has 0 spiro atoms. The van der Waals surface area contributed by atoms with Gasteiger partial charge in [-0.25, -0.2) is 0 Å². The van der Waals surface area contributed by atoms with E-state index in [1.54, 1.807) is 6.20 Å². The Kier molecular flexibility index (Phi) is 4.06. The number of aromatic nitrogens is 3. The monoisotopic (exact) mass is 272 g/mol. The van der Waals surface area contributed by atoms with E-state index in [9.17, 15) is 0 Å². The van der Waals surface area contributed by atoms with Crippen LogP contribution in [-0.2, 0) is 12.8 Å². The van der Waals surface area contributed by atoms with Gasteiger partial charge < -0.3 is 9.84 Å². The number of hydrogen-bond donors (Lipinski definition) is 1. The van der Waals surface area contributed by atoms with E-state index in [0.29, 0.717) is 5.82 Å². The minimum absolute atomic E-state index is 0.684. The van der Waals surface area contributed by atoms with Gasteiger partial charge in [0.25, 0.3) is 0 Å². The van der Waals surface area contributed by atoms with E-state index in [4.69, 9.17) is 4.52 Å². The SMILES string of the molecule is CCc1cnccc1-c1noc(CCC2CCNC2)n1. The van der Waals surface area contributed by atoms with E-state index in [1.165, 1.54) is 6.42 Å². The van der Waals surface area contributed by atoms with Crippen LogP contribution < -0.4 is 5.32 Å². The van der Waals surface area contributed by atoms with Crippen LogP contribution in [-0.4, -0.2) is 28.2 Å². The minimum Gasteiger partial charge on any atom is -0.339 e. The van der Waals surface area contributed by atoms with Gasteiger partial charge in [0.15, 0.2) is 0 Å². The van der Waals surface area contributed by atoms with Crippen LogP contribution in [0.4, 0.5) is 0 Å². The quantitative estimate of drug-likeness (QED) is 0.904. The summed E-state index contributed by atoms with van der Waals surface area (Å²) in [5, 5.41) is 7.49. The number of pyridine rings is 1. The molecule has 5 nitrogen and oxygen atoms in total. The predicted octanol–water partition coefficient (Wildman–Crippen LogP) is 2.24. The second-order valence-electron chi connectivity index (χ2n) is 5.30. The van der Waals surface area contributed by atoms with Gasteiger partial charge in [0.05, 0.1) is 0 Å². The summed E-state index contributed by atoms with van der Waals surface area (Å²) < 4.78 is 5.38. The van der Waals surface area contributed by atoms with Crippen molar-refractivity contribution in [3.63, 3.8) is 0 Å². The van der Waals surface area contributed by atoms with Crippen molar-refractivity contribution in [1.29, 1.82) is 0 Å². The zero-order valence-corrected chi connectivity index (χ0v) is 11.8. The maximum atomic E-state index is 5.38. The molecule has 0 bridgehead atoms. The van der Waals surface area contributed by atoms with E-state index in [0.717, 1.165) is 55.3 Å². The number of nitrogens with one attached hydrogen (secondary N) is 1. The summed E-state index contributed by atoms with van der Waals surface area (Å²) in [6.45, 7) is 4.36. The van der Waals surface area contributed by atoms with E-state index in [2.05, 4.69) is 27.4 Å². The lowest BCUT2D eigenvalue weighted by Gasteiger charge is -2.04. The molecule has 1 atom stereocenters. The van der Waals surface area contributed by atoms with Crippen molar-refractivity contribution in [2.75, 3.05) is 13.1 Å². The smallest absolute Gasteiger partial charge is 0.226 e. The number of nitrogens with zero attached hydrogens (tertiary/aromatic N) is 3. The van der Waals surface area contributed by atoms with Crippen LogP contribution in [0.1, 0.15) is 31.2 Å². The molecular weight excluding hydrogens is 252 g/mol. The number of aryl methyl sites for hydroxylation is 2. The van der Waals surface area contributed by atoms with Crippen molar-refractivity contribution >= 4 is 0 Å². The lowest BCUT2D eigenvalue weighted by atomic mass is 10.0. The second kappa shape index (κ2) is 6.13. The fraction of sp³-hybridized carbons (Fsp3) is 0.533. The van der Waals surface area contributed by atoms with Crippen molar-refractivity contribution in [2.45, 2.75) is 32.6 Å². The van der Waals surface area contributed by atoms with E-state index >= 15 is 0 Å². The molecule has 106 valence electrons. The maximum absolute atomic E-state index is 5.38.